The van der Waals surface area contributed by atoms with Crippen LogP contribution in [0.4, 0.5) is 0 Å². The zero-order valence-electron chi connectivity index (χ0n) is 91.7. The number of fused-ring (bicyclic) bond motifs is 14. The van der Waals surface area contributed by atoms with Gasteiger partial charge < -0.3 is 4.42 Å². The minimum atomic E-state index is 0.170. The molecule has 2 aromatic heterocycles. The van der Waals surface area contributed by atoms with E-state index in [-0.39, 0.29) is 43.3 Å². The minimum absolute atomic E-state index is 0.170. The Kier molecular flexibility index (Phi) is 32.1. The van der Waals surface area contributed by atoms with Gasteiger partial charge in [0.25, 0.3) is 0 Å². The predicted octanol–water partition coefficient (Wildman–Crippen LogP) is 43.4. The zero-order valence-corrected chi connectivity index (χ0v) is 92.5. The molecular formula is C146H148OS. The largest absolute Gasteiger partial charge is 0.456 e. The monoisotopic (exact) mass is 1950 g/mol. The first-order valence-corrected chi connectivity index (χ1v) is 53.5. The summed E-state index contributed by atoms with van der Waals surface area (Å²) < 4.78 is 8.59. The van der Waals surface area contributed by atoms with Crippen molar-refractivity contribution in [2.24, 2.45) is 0 Å². The predicted molar refractivity (Wildman–Crippen MR) is 654 cm³/mol. The Morgan fingerprint density at radius 2 is 0.453 bits per heavy atom. The van der Waals surface area contributed by atoms with Gasteiger partial charge in [-0.1, -0.05) is 579 Å². The summed E-state index contributed by atoms with van der Waals surface area (Å²) in [6.45, 7) is 54.1. The molecule has 148 heavy (non-hydrogen) atoms. The highest BCUT2D eigenvalue weighted by Crippen LogP contribution is 2.42. The van der Waals surface area contributed by atoms with Gasteiger partial charge in [0, 0.05) is 30.9 Å². The molecule has 2 heterocycles. The third-order valence-corrected chi connectivity index (χ3v) is 29.4. The van der Waals surface area contributed by atoms with E-state index in [2.05, 4.69) is 615 Å². The molecule has 0 bridgehead atoms. The molecule has 0 aliphatic carbocycles. The number of hydrogen-bond donors (Lipinski definition) is 0. The molecule has 0 aliphatic rings. The van der Waals surface area contributed by atoms with E-state index in [4.69, 9.17) is 4.42 Å². The molecule has 0 saturated carbocycles. The van der Waals surface area contributed by atoms with Crippen molar-refractivity contribution in [2.45, 2.75) is 209 Å². The topological polar surface area (TPSA) is 13.1 Å². The molecule has 0 fully saturated rings. The highest BCUT2D eigenvalue weighted by molar-refractivity contribution is 7.25. The number of rotatable bonds is 5. The highest BCUT2D eigenvalue weighted by Gasteiger charge is 2.24. The van der Waals surface area contributed by atoms with Crippen LogP contribution in [0.2, 0.25) is 0 Å². The van der Waals surface area contributed by atoms with Crippen LogP contribution >= 0.6 is 11.3 Å². The molecule has 2 heteroatoms. The van der Waals surface area contributed by atoms with Crippen LogP contribution in [0.25, 0.3) is 162 Å². The van der Waals surface area contributed by atoms with Crippen LogP contribution in [-0.4, -0.2) is 0 Å². The fourth-order valence-corrected chi connectivity index (χ4v) is 20.2. The first-order valence-electron chi connectivity index (χ1n) is 52.7. The van der Waals surface area contributed by atoms with Crippen molar-refractivity contribution in [1.82, 2.24) is 0 Å². The average molecular weight is 1950 g/mol. The molecule has 0 saturated heterocycles. The summed E-state index contributed by atoms with van der Waals surface area (Å²) in [6, 6.07) is 166. The van der Waals surface area contributed by atoms with Crippen molar-refractivity contribution >= 4 is 118 Å². The van der Waals surface area contributed by atoms with Crippen LogP contribution in [0.15, 0.2) is 465 Å². The lowest BCUT2D eigenvalue weighted by Crippen LogP contribution is -2.11. The van der Waals surface area contributed by atoms with E-state index in [1.54, 1.807) is 0 Å². The number of hydrogen-bond acceptors (Lipinski definition) is 2. The van der Waals surface area contributed by atoms with Gasteiger partial charge in [0.15, 0.2) is 0 Å². The molecule has 0 amide bonds. The van der Waals surface area contributed by atoms with Crippen LogP contribution in [0.1, 0.15) is 211 Å². The maximum atomic E-state index is 5.82. The summed E-state index contributed by atoms with van der Waals surface area (Å²) in [5.41, 5.74) is 27.4. The third-order valence-electron chi connectivity index (χ3n) is 28.3. The highest BCUT2D eigenvalue weighted by atomic mass is 32.1. The second-order valence-electron chi connectivity index (χ2n) is 47.7. The summed E-state index contributed by atoms with van der Waals surface area (Å²) in [6.07, 6.45) is 0. The first-order chi connectivity index (χ1) is 70.4. The van der Waals surface area contributed by atoms with Gasteiger partial charge in [0.1, 0.15) is 11.2 Å². The van der Waals surface area contributed by atoms with E-state index in [1.165, 1.54) is 196 Å². The summed E-state index contributed by atoms with van der Waals surface area (Å²) >= 11 is 1.88. The second kappa shape index (κ2) is 44.9. The second-order valence-corrected chi connectivity index (χ2v) is 48.8. The summed E-state index contributed by atoms with van der Waals surface area (Å²) in [4.78, 5) is 0. The molecule has 0 N–H and O–H groups in total. The third kappa shape index (κ3) is 26.2. The lowest BCUT2D eigenvalue weighted by Gasteiger charge is -2.22. The van der Waals surface area contributed by atoms with Crippen molar-refractivity contribution in [3.05, 3.63) is 506 Å². The van der Waals surface area contributed by atoms with Gasteiger partial charge in [-0.05, 0) is 257 Å². The van der Waals surface area contributed by atoms with Crippen molar-refractivity contribution in [3.8, 4) is 55.6 Å². The fourth-order valence-electron chi connectivity index (χ4n) is 19.1. The fraction of sp³-hybridized carbons (Fsp3) is 0.219. The molecular weight excluding hydrogens is 1800 g/mol. The van der Waals surface area contributed by atoms with E-state index in [0.29, 0.717) is 0 Å². The molecule has 21 aromatic carbocycles. The first kappa shape index (κ1) is 106. The maximum absolute atomic E-state index is 5.82. The van der Waals surface area contributed by atoms with Gasteiger partial charge in [0.2, 0.25) is 0 Å². The standard InChI is InChI=1S/C22H22.2C20H20.2C18H18.C16H16O.C16H16S.C16H18/c1-22(2,3)21-15-13-20(14-16-21)19-11-9-18(10-12-19)17-7-5-4-6-8-17;1-20(2,3)17-13-11-16(12-14-17)19-10-6-8-15-7-4-5-9-18(15)19;1-20(2,3)19-12-10-16(11-13-19)18-9-8-15-6-4-5-7-17(15)14-18;1-18(2,3)17-12-13-8-4-5-9-14(13)15-10-6-7-11-16(15)17;1-18(2,3)15-10-11-17-14(12-15)9-8-13-6-4-5-7-16(13)17;2*1-16(2,3)11-8-9-15-13(10-11)12-6-4-5-7-14(12)17-15;1-16(2,3)15-11-7-10-14(12-15)13-8-5-4-6-9-13/h4-16H,1-3H3;2*4-14H,1-3H3;2*4-12H,1-3H3;2*4-10H,1-3H3;4-12H,1-3H3. The summed E-state index contributed by atoms with van der Waals surface area (Å²) in [5.74, 6) is 0. The van der Waals surface area contributed by atoms with E-state index in [9.17, 15) is 0 Å². The van der Waals surface area contributed by atoms with Crippen LogP contribution in [0.3, 0.4) is 0 Å². The Balaban J connectivity index is 0.000000121. The average Bonchev–Trinajstić information content (AvgIpc) is 1.53. The molecule has 1 nitrogen and oxygen atoms in total. The molecule has 0 radical (unpaired) electrons. The van der Waals surface area contributed by atoms with Gasteiger partial charge in [-0.25, -0.2) is 0 Å². The van der Waals surface area contributed by atoms with Gasteiger partial charge in [0.05, 0.1) is 0 Å². The summed E-state index contributed by atoms with van der Waals surface area (Å²) in [5, 5.41) is 21.2. The van der Waals surface area contributed by atoms with Crippen LogP contribution < -0.4 is 0 Å². The van der Waals surface area contributed by atoms with Crippen molar-refractivity contribution in [3.63, 3.8) is 0 Å². The Morgan fingerprint density at radius 1 is 0.142 bits per heavy atom. The van der Waals surface area contributed by atoms with E-state index in [0.717, 1.165) is 11.2 Å². The van der Waals surface area contributed by atoms with Crippen molar-refractivity contribution in [1.29, 1.82) is 0 Å². The van der Waals surface area contributed by atoms with Crippen molar-refractivity contribution in [2.75, 3.05) is 0 Å². The van der Waals surface area contributed by atoms with E-state index < -0.39 is 0 Å². The number of benzene rings is 21. The van der Waals surface area contributed by atoms with Crippen LogP contribution in [0, 0.1) is 0 Å². The quantitative estimate of drug-likeness (QED) is 0.157. The lowest BCUT2D eigenvalue weighted by molar-refractivity contribution is 0.590. The van der Waals surface area contributed by atoms with Gasteiger partial charge in [-0.2, -0.15) is 0 Å². The molecule has 0 spiro atoms. The molecule has 0 unspecified atom stereocenters. The van der Waals surface area contributed by atoms with E-state index in [1.807, 2.05) is 23.5 Å². The van der Waals surface area contributed by atoms with Crippen LogP contribution in [0.5, 0.6) is 0 Å². The number of furan rings is 1. The molecule has 0 aliphatic heterocycles. The SMILES string of the molecule is CC(C)(C)c1cc2ccccc2c2ccccc12.CC(C)(C)c1ccc(-c2ccc(-c3ccccc3)cc2)cc1.CC(C)(C)c1ccc(-c2ccc3ccccc3c2)cc1.CC(C)(C)c1ccc(-c2cccc3ccccc23)cc1.CC(C)(C)c1ccc2c(ccc3ccccc32)c1.CC(C)(C)c1ccc2oc3ccccc3c2c1.CC(C)(C)c1ccc2sc3ccccc3c2c1.CC(C)(C)c1cccc(-c2ccccc2)c1. The Morgan fingerprint density at radius 3 is 0.993 bits per heavy atom. The normalized spacial score (nSPS) is 11.9. The van der Waals surface area contributed by atoms with Crippen LogP contribution in [-0.2, 0) is 43.3 Å². The van der Waals surface area contributed by atoms with E-state index >= 15 is 0 Å². The molecule has 0 atom stereocenters. The minimum Gasteiger partial charge on any atom is -0.456 e. The zero-order chi connectivity index (χ0) is 105. The Labute approximate surface area is 886 Å². The lowest BCUT2D eigenvalue weighted by atomic mass is 9.82. The smallest absolute Gasteiger partial charge is 0.135 e. The molecule has 23 aromatic rings. The van der Waals surface area contributed by atoms with Crippen molar-refractivity contribution < 1.29 is 4.42 Å². The Hall–Kier alpha value is -14.8. The van der Waals surface area contributed by atoms with Gasteiger partial charge >= 0.3 is 0 Å². The number of thiophene rings is 1. The maximum Gasteiger partial charge on any atom is 0.135 e. The molecule has 23 rings (SSSR count). The van der Waals surface area contributed by atoms with Gasteiger partial charge in [-0.15, -0.1) is 11.3 Å². The number of para-hydroxylation sites is 1. The Bertz CT molecular complexity index is 8300. The van der Waals surface area contributed by atoms with Gasteiger partial charge in [-0.3, -0.25) is 0 Å². The summed E-state index contributed by atoms with van der Waals surface area (Å²) in [7, 11) is 0. The molecule has 744 valence electrons.